The molecule has 0 bridgehead atoms. The second-order valence-electron chi connectivity index (χ2n) is 11.3. The van der Waals surface area contributed by atoms with Gasteiger partial charge < -0.3 is 24.1 Å². The summed E-state index contributed by atoms with van der Waals surface area (Å²) < 4.78 is 5.44. The van der Waals surface area contributed by atoms with Crippen LogP contribution in [0.3, 0.4) is 0 Å². The molecule has 3 amide bonds. The van der Waals surface area contributed by atoms with E-state index in [1.807, 2.05) is 57.3 Å². The van der Waals surface area contributed by atoms with Gasteiger partial charge in [-0.2, -0.15) is 0 Å². The summed E-state index contributed by atoms with van der Waals surface area (Å²) in [6, 6.07) is 13.5. The molecule has 0 unspecified atom stereocenters. The third-order valence-electron chi connectivity index (χ3n) is 9.03. The van der Waals surface area contributed by atoms with Crippen LogP contribution >= 0.6 is 11.6 Å². The quantitative estimate of drug-likeness (QED) is 0.424. The molecule has 2 aromatic heterocycles. The van der Waals surface area contributed by atoms with Gasteiger partial charge in [-0.25, -0.2) is 9.78 Å². The molecule has 216 valence electrons. The van der Waals surface area contributed by atoms with E-state index in [1.165, 1.54) is 0 Å². The molecule has 9 nitrogen and oxygen atoms in total. The van der Waals surface area contributed by atoms with Gasteiger partial charge in [0.05, 0.1) is 5.02 Å². The number of halogens is 1. The maximum Gasteiger partial charge on any atom is 0.320 e. The van der Waals surface area contributed by atoms with Gasteiger partial charge in [-0.1, -0.05) is 41.0 Å². The number of pyridine rings is 1. The molecule has 0 aliphatic carbocycles. The fourth-order valence-corrected chi connectivity index (χ4v) is 6.85. The van der Waals surface area contributed by atoms with Crippen LogP contribution in [0.25, 0.3) is 11.3 Å². The molecule has 1 aromatic carbocycles. The Labute approximate surface area is 246 Å². The maximum absolute atomic E-state index is 13.6. The number of amides is 3. The van der Waals surface area contributed by atoms with Crippen molar-refractivity contribution in [2.75, 3.05) is 57.3 Å². The summed E-state index contributed by atoms with van der Waals surface area (Å²) in [5.41, 5.74) is 1.72. The number of nitrogens with zero attached hydrogens (tertiary/aromatic N) is 6. The minimum absolute atomic E-state index is 0.0410. The fraction of sp³-hybridized carbons (Fsp3) is 0.484. The van der Waals surface area contributed by atoms with Crippen molar-refractivity contribution < 1.29 is 14.1 Å². The summed E-state index contributed by atoms with van der Waals surface area (Å²) in [5.74, 6) is 2.62. The minimum atomic E-state index is -0.0410. The largest absolute Gasteiger partial charge is 0.360 e. The normalized spacial score (nSPS) is 19.1. The van der Waals surface area contributed by atoms with Crippen LogP contribution in [0.5, 0.6) is 0 Å². The van der Waals surface area contributed by atoms with Crippen LogP contribution in [0.15, 0.2) is 53.2 Å². The Kier molecular flexibility index (Phi) is 8.14. The standard InChI is InChI=1S/C31H37ClN6O3/c1-22-28(29(34-41-22)25-6-2-3-7-26(25)32)30(39)36-14-9-23(10-15-36)24-11-16-37(17-12-24)31(40)38-20-18-35(19-21-38)27-8-4-5-13-33-27/h2-8,13,23-24H,9-12,14-21H2,1H3. The second-order valence-corrected chi connectivity index (χ2v) is 11.7. The lowest BCUT2D eigenvalue weighted by Gasteiger charge is -2.42. The van der Waals surface area contributed by atoms with Gasteiger partial charge >= 0.3 is 6.03 Å². The van der Waals surface area contributed by atoms with Crippen LogP contribution in [0.1, 0.15) is 41.8 Å². The number of likely N-dealkylation sites (tertiary alicyclic amines) is 2. The predicted octanol–water partition coefficient (Wildman–Crippen LogP) is 5.20. The first-order valence-corrected chi connectivity index (χ1v) is 15.1. The molecule has 10 heteroatoms. The number of anilines is 1. The molecule has 6 rings (SSSR count). The minimum Gasteiger partial charge on any atom is -0.360 e. The number of piperidine rings is 2. The van der Waals surface area contributed by atoms with Crippen LogP contribution in [-0.2, 0) is 0 Å². The van der Waals surface area contributed by atoms with Crippen LogP contribution in [0.4, 0.5) is 10.6 Å². The number of hydrogen-bond donors (Lipinski definition) is 0. The Bertz CT molecular complexity index is 1360. The number of rotatable bonds is 4. The van der Waals surface area contributed by atoms with Gasteiger partial charge in [-0.15, -0.1) is 0 Å². The molecular weight excluding hydrogens is 540 g/mol. The monoisotopic (exact) mass is 576 g/mol. The van der Waals surface area contributed by atoms with E-state index in [9.17, 15) is 9.59 Å². The van der Waals surface area contributed by atoms with E-state index in [0.717, 1.165) is 83.9 Å². The van der Waals surface area contributed by atoms with Crippen molar-refractivity contribution in [3.63, 3.8) is 0 Å². The van der Waals surface area contributed by atoms with E-state index in [1.54, 1.807) is 13.0 Å². The summed E-state index contributed by atoms with van der Waals surface area (Å²) in [6.07, 6.45) is 5.82. The smallest absolute Gasteiger partial charge is 0.320 e. The molecular formula is C31H37ClN6O3. The zero-order valence-corrected chi connectivity index (χ0v) is 24.3. The van der Waals surface area contributed by atoms with Crippen molar-refractivity contribution in [2.24, 2.45) is 11.8 Å². The van der Waals surface area contributed by atoms with Crippen molar-refractivity contribution in [1.29, 1.82) is 0 Å². The first-order valence-electron chi connectivity index (χ1n) is 14.7. The van der Waals surface area contributed by atoms with E-state index in [4.69, 9.17) is 16.1 Å². The van der Waals surface area contributed by atoms with Gasteiger partial charge in [0.1, 0.15) is 22.8 Å². The molecule has 3 aliphatic heterocycles. The molecule has 0 radical (unpaired) electrons. The number of hydrogen-bond acceptors (Lipinski definition) is 6. The number of piperazine rings is 1. The highest BCUT2D eigenvalue weighted by Crippen LogP contribution is 2.35. The number of aryl methyl sites for hydroxylation is 1. The molecule has 0 atom stereocenters. The van der Waals surface area contributed by atoms with Gasteiger partial charge in [0.2, 0.25) is 0 Å². The third-order valence-corrected chi connectivity index (χ3v) is 9.36. The van der Waals surface area contributed by atoms with Gasteiger partial charge in [0.25, 0.3) is 5.91 Å². The Morgan fingerprint density at radius 1 is 0.805 bits per heavy atom. The van der Waals surface area contributed by atoms with E-state index in [0.29, 0.717) is 39.4 Å². The molecule has 0 spiro atoms. The van der Waals surface area contributed by atoms with E-state index >= 15 is 0 Å². The molecule has 3 aromatic rings. The Morgan fingerprint density at radius 2 is 1.41 bits per heavy atom. The molecule has 41 heavy (non-hydrogen) atoms. The molecule has 0 saturated carbocycles. The molecule has 0 N–H and O–H groups in total. The van der Waals surface area contributed by atoms with Crippen LogP contribution in [0, 0.1) is 18.8 Å². The van der Waals surface area contributed by atoms with Crippen molar-refractivity contribution in [3.8, 4) is 11.3 Å². The van der Waals surface area contributed by atoms with Gasteiger partial charge in [0, 0.05) is 64.1 Å². The predicted molar refractivity (Wildman–Crippen MR) is 158 cm³/mol. The molecule has 3 fully saturated rings. The summed E-state index contributed by atoms with van der Waals surface area (Å²) in [4.78, 5) is 39.5. The number of benzene rings is 1. The lowest BCUT2D eigenvalue weighted by molar-refractivity contribution is 0.0602. The zero-order chi connectivity index (χ0) is 28.3. The summed E-state index contributed by atoms with van der Waals surface area (Å²) in [5, 5.41) is 4.72. The summed E-state index contributed by atoms with van der Waals surface area (Å²) >= 11 is 6.40. The molecule has 3 saturated heterocycles. The SMILES string of the molecule is Cc1onc(-c2ccccc2Cl)c1C(=O)N1CCC(C2CCN(C(=O)N3CCN(c4ccccn4)CC3)CC2)CC1. The van der Waals surface area contributed by atoms with Gasteiger partial charge in [0.15, 0.2) is 0 Å². The zero-order valence-electron chi connectivity index (χ0n) is 23.5. The first kappa shape index (κ1) is 27.6. The summed E-state index contributed by atoms with van der Waals surface area (Å²) in [6.45, 7) is 7.91. The van der Waals surface area contributed by atoms with Crippen LogP contribution in [-0.4, -0.2) is 89.1 Å². The van der Waals surface area contributed by atoms with E-state index in [2.05, 4.69) is 15.0 Å². The Hall–Kier alpha value is -3.59. The average Bonchev–Trinajstić information content (AvgIpc) is 3.42. The van der Waals surface area contributed by atoms with Gasteiger partial charge in [-0.05, 0) is 62.6 Å². The van der Waals surface area contributed by atoms with Crippen molar-refractivity contribution in [1.82, 2.24) is 24.8 Å². The second kappa shape index (κ2) is 12.1. The van der Waals surface area contributed by atoms with Crippen LogP contribution in [0.2, 0.25) is 5.02 Å². The average molecular weight is 577 g/mol. The van der Waals surface area contributed by atoms with E-state index < -0.39 is 0 Å². The lowest BCUT2D eigenvalue weighted by Crippen LogP contribution is -2.54. The number of carbonyl (C=O) groups excluding carboxylic acids is 2. The van der Waals surface area contributed by atoms with Crippen molar-refractivity contribution in [3.05, 3.63) is 65.0 Å². The molecule has 3 aliphatic rings. The number of aromatic nitrogens is 2. The van der Waals surface area contributed by atoms with Gasteiger partial charge in [-0.3, -0.25) is 4.79 Å². The Balaban J connectivity index is 0.984. The van der Waals surface area contributed by atoms with Crippen molar-refractivity contribution in [2.45, 2.75) is 32.6 Å². The first-order chi connectivity index (χ1) is 20.0. The summed E-state index contributed by atoms with van der Waals surface area (Å²) in [7, 11) is 0. The lowest BCUT2D eigenvalue weighted by atomic mass is 9.78. The highest BCUT2D eigenvalue weighted by molar-refractivity contribution is 6.33. The molecule has 5 heterocycles. The van der Waals surface area contributed by atoms with Crippen LogP contribution < -0.4 is 4.90 Å². The topological polar surface area (TPSA) is 86.0 Å². The number of urea groups is 1. The third kappa shape index (κ3) is 5.77. The maximum atomic E-state index is 13.6. The van der Waals surface area contributed by atoms with E-state index in [-0.39, 0.29) is 11.9 Å². The highest BCUT2D eigenvalue weighted by atomic mass is 35.5. The number of carbonyl (C=O) groups is 2. The Morgan fingerprint density at radius 3 is 2.05 bits per heavy atom. The highest BCUT2D eigenvalue weighted by Gasteiger charge is 2.35. The fourth-order valence-electron chi connectivity index (χ4n) is 6.62. The van der Waals surface area contributed by atoms with Crippen molar-refractivity contribution >= 4 is 29.4 Å².